The highest BCUT2D eigenvalue weighted by Crippen LogP contribution is 2.31. The lowest BCUT2D eigenvalue weighted by molar-refractivity contribution is 0.199. The minimum Gasteiger partial charge on any atom is -0.389 e. The maximum atomic E-state index is 10.0. The molecular formula is C17H20N2OS. The van der Waals surface area contributed by atoms with E-state index in [-0.39, 0.29) is 6.04 Å². The number of hydrogen-bond acceptors (Lipinski definition) is 4. The van der Waals surface area contributed by atoms with Gasteiger partial charge in [0.25, 0.3) is 0 Å². The highest BCUT2D eigenvalue weighted by Gasteiger charge is 2.18. The van der Waals surface area contributed by atoms with Gasteiger partial charge < -0.3 is 10.0 Å². The molecule has 21 heavy (non-hydrogen) atoms. The summed E-state index contributed by atoms with van der Waals surface area (Å²) in [5, 5.41) is 21.2. The summed E-state index contributed by atoms with van der Waals surface area (Å²) in [4.78, 5) is 3.50. The van der Waals surface area contributed by atoms with Gasteiger partial charge in [-0.2, -0.15) is 5.26 Å². The van der Waals surface area contributed by atoms with E-state index in [2.05, 4.69) is 36.3 Å². The number of aliphatic hydroxyl groups is 1. The van der Waals surface area contributed by atoms with E-state index in [1.807, 2.05) is 18.2 Å². The third-order valence-corrected chi connectivity index (χ3v) is 4.31. The Hall–Kier alpha value is -1.83. The zero-order valence-electron chi connectivity index (χ0n) is 12.6. The second kappa shape index (κ2) is 6.75. The van der Waals surface area contributed by atoms with Crippen molar-refractivity contribution in [2.24, 2.45) is 0 Å². The molecule has 2 rings (SSSR count). The van der Waals surface area contributed by atoms with Crippen LogP contribution in [0.1, 0.15) is 42.9 Å². The fraction of sp³-hybridized carbons (Fsp3) is 0.353. The molecule has 0 aliphatic carbocycles. The van der Waals surface area contributed by atoms with E-state index in [9.17, 15) is 5.11 Å². The van der Waals surface area contributed by atoms with Crippen molar-refractivity contribution in [3.63, 3.8) is 0 Å². The maximum absolute atomic E-state index is 10.0. The van der Waals surface area contributed by atoms with Crippen LogP contribution in [-0.4, -0.2) is 11.1 Å². The molecule has 0 aliphatic rings. The summed E-state index contributed by atoms with van der Waals surface area (Å²) in [5.41, 5.74) is 2.41. The molecule has 0 fully saturated rings. The van der Waals surface area contributed by atoms with E-state index >= 15 is 0 Å². The Balaban J connectivity index is 2.45. The number of rotatable bonds is 5. The van der Waals surface area contributed by atoms with E-state index in [0.29, 0.717) is 5.56 Å². The van der Waals surface area contributed by atoms with Crippen molar-refractivity contribution in [2.45, 2.75) is 39.5 Å². The second-order valence-corrected chi connectivity index (χ2v) is 6.39. The van der Waals surface area contributed by atoms with Crippen LogP contribution in [0.15, 0.2) is 35.7 Å². The summed E-state index contributed by atoms with van der Waals surface area (Å²) in [7, 11) is 0. The Morgan fingerprint density at radius 2 is 2.05 bits per heavy atom. The van der Waals surface area contributed by atoms with Crippen LogP contribution in [0.3, 0.4) is 0 Å². The van der Waals surface area contributed by atoms with Crippen molar-refractivity contribution in [2.75, 3.05) is 4.90 Å². The fourth-order valence-corrected chi connectivity index (χ4v) is 3.03. The van der Waals surface area contributed by atoms with E-state index in [4.69, 9.17) is 5.26 Å². The van der Waals surface area contributed by atoms with Gasteiger partial charge in [-0.3, -0.25) is 0 Å². The van der Waals surface area contributed by atoms with Gasteiger partial charge in [-0.05, 0) is 44.4 Å². The molecular weight excluding hydrogens is 280 g/mol. The molecule has 1 aromatic heterocycles. The number of benzene rings is 1. The zero-order valence-corrected chi connectivity index (χ0v) is 13.4. The molecule has 1 N–H and O–H groups in total. The van der Waals surface area contributed by atoms with Crippen LogP contribution in [-0.2, 0) is 6.54 Å². The van der Waals surface area contributed by atoms with Gasteiger partial charge in [0.1, 0.15) is 0 Å². The predicted molar refractivity (Wildman–Crippen MR) is 87.4 cm³/mol. The Kier molecular flexibility index (Phi) is 5.00. The summed E-state index contributed by atoms with van der Waals surface area (Å²) >= 11 is 1.72. The first-order chi connectivity index (χ1) is 10.0. The van der Waals surface area contributed by atoms with E-state index in [1.165, 1.54) is 4.88 Å². The highest BCUT2D eigenvalue weighted by molar-refractivity contribution is 7.09. The van der Waals surface area contributed by atoms with Gasteiger partial charge in [-0.15, -0.1) is 11.3 Å². The third-order valence-electron chi connectivity index (χ3n) is 3.45. The van der Waals surface area contributed by atoms with Gasteiger partial charge in [0.05, 0.1) is 24.3 Å². The summed E-state index contributed by atoms with van der Waals surface area (Å²) < 4.78 is 0. The third kappa shape index (κ3) is 3.63. The average molecular weight is 300 g/mol. The predicted octanol–water partition coefficient (Wildman–Crippen LogP) is 4.09. The monoisotopic (exact) mass is 300 g/mol. The molecule has 0 radical (unpaired) electrons. The van der Waals surface area contributed by atoms with Crippen molar-refractivity contribution in [1.82, 2.24) is 0 Å². The van der Waals surface area contributed by atoms with Gasteiger partial charge in [-0.25, -0.2) is 0 Å². The normalized spacial score (nSPS) is 12.2. The molecule has 3 nitrogen and oxygen atoms in total. The second-order valence-electron chi connectivity index (χ2n) is 5.36. The van der Waals surface area contributed by atoms with Crippen LogP contribution in [0.25, 0.3) is 0 Å². The van der Waals surface area contributed by atoms with Crippen LogP contribution < -0.4 is 4.90 Å². The molecule has 0 saturated carbocycles. The molecule has 0 unspecified atom stereocenters. The summed E-state index contributed by atoms with van der Waals surface area (Å²) in [6.45, 7) is 6.79. The standard InChI is InChI=1S/C17H20N2OS/c1-12(2)19(11-15-5-4-8-21-15)17-9-14(10-18)6-7-16(17)13(3)20/h4-9,12-13,20H,11H2,1-3H3/t13-/m1/s1. The minimum atomic E-state index is -0.558. The van der Waals surface area contributed by atoms with Crippen molar-refractivity contribution in [3.05, 3.63) is 51.7 Å². The first kappa shape index (κ1) is 15.6. The molecule has 1 aromatic carbocycles. The fourth-order valence-electron chi connectivity index (χ4n) is 2.33. The van der Waals surface area contributed by atoms with Crippen molar-refractivity contribution >= 4 is 17.0 Å². The first-order valence-corrected chi connectivity index (χ1v) is 7.92. The number of thiophene rings is 1. The molecule has 0 spiro atoms. The van der Waals surface area contributed by atoms with Gasteiger partial charge in [0.2, 0.25) is 0 Å². The molecule has 4 heteroatoms. The van der Waals surface area contributed by atoms with Crippen LogP contribution in [0.2, 0.25) is 0 Å². The summed E-state index contributed by atoms with van der Waals surface area (Å²) in [6.07, 6.45) is -0.558. The van der Waals surface area contributed by atoms with E-state index < -0.39 is 6.10 Å². The molecule has 1 heterocycles. The van der Waals surface area contributed by atoms with Crippen LogP contribution in [0.5, 0.6) is 0 Å². The lowest BCUT2D eigenvalue weighted by Gasteiger charge is -2.31. The van der Waals surface area contributed by atoms with Crippen molar-refractivity contribution < 1.29 is 5.11 Å². The first-order valence-electron chi connectivity index (χ1n) is 7.04. The van der Waals surface area contributed by atoms with Gasteiger partial charge in [0, 0.05) is 22.2 Å². The molecule has 0 amide bonds. The zero-order chi connectivity index (χ0) is 15.4. The number of nitriles is 1. The van der Waals surface area contributed by atoms with E-state index in [1.54, 1.807) is 24.3 Å². The molecule has 0 saturated heterocycles. The smallest absolute Gasteiger partial charge is 0.0992 e. The van der Waals surface area contributed by atoms with Gasteiger partial charge in [-0.1, -0.05) is 12.1 Å². The van der Waals surface area contributed by atoms with Gasteiger partial charge >= 0.3 is 0 Å². The molecule has 1 atom stereocenters. The maximum Gasteiger partial charge on any atom is 0.0992 e. The topological polar surface area (TPSA) is 47.3 Å². The Bertz CT molecular complexity index is 627. The number of anilines is 1. The van der Waals surface area contributed by atoms with Crippen LogP contribution >= 0.6 is 11.3 Å². The highest BCUT2D eigenvalue weighted by atomic mass is 32.1. The van der Waals surface area contributed by atoms with Crippen molar-refractivity contribution in [1.29, 1.82) is 5.26 Å². The number of hydrogen-bond donors (Lipinski definition) is 1. The summed E-state index contributed by atoms with van der Waals surface area (Å²) in [5.74, 6) is 0. The lowest BCUT2D eigenvalue weighted by Crippen LogP contribution is -2.31. The van der Waals surface area contributed by atoms with Gasteiger partial charge in [0.15, 0.2) is 0 Å². The Morgan fingerprint density at radius 1 is 1.29 bits per heavy atom. The summed E-state index contributed by atoms with van der Waals surface area (Å²) in [6, 6.07) is 12.1. The molecule has 0 aliphatic heterocycles. The lowest BCUT2D eigenvalue weighted by atomic mass is 10.0. The number of aliphatic hydroxyl groups excluding tert-OH is 1. The average Bonchev–Trinajstić information content (AvgIpc) is 2.96. The molecule has 0 bridgehead atoms. The molecule has 110 valence electrons. The SMILES string of the molecule is CC(C)N(Cc1cccs1)c1cc(C#N)ccc1[C@@H](C)O. The van der Waals surface area contributed by atoms with Crippen LogP contribution in [0.4, 0.5) is 5.69 Å². The van der Waals surface area contributed by atoms with E-state index in [0.717, 1.165) is 17.8 Å². The Labute approximate surface area is 130 Å². The molecule has 2 aromatic rings. The van der Waals surface area contributed by atoms with Crippen molar-refractivity contribution in [3.8, 4) is 6.07 Å². The quantitative estimate of drug-likeness (QED) is 0.904. The largest absolute Gasteiger partial charge is 0.389 e. The minimum absolute atomic E-state index is 0.276. The Morgan fingerprint density at radius 3 is 2.57 bits per heavy atom. The number of nitrogens with zero attached hydrogens (tertiary/aromatic N) is 2. The van der Waals surface area contributed by atoms with Crippen LogP contribution in [0, 0.1) is 11.3 Å².